The number of benzene rings is 3. The number of nitrogens with zero attached hydrogens (tertiary/aromatic N) is 1. The van der Waals surface area contributed by atoms with Crippen molar-refractivity contribution >= 4 is 24.2 Å². The van der Waals surface area contributed by atoms with Crippen LogP contribution in [0.15, 0.2) is 72.8 Å². The van der Waals surface area contributed by atoms with E-state index < -0.39 is 11.0 Å². The zero-order chi connectivity index (χ0) is 29.9. The quantitative estimate of drug-likeness (QED) is 0.357. The second kappa shape index (κ2) is 13.3. The van der Waals surface area contributed by atoms with Gasteiger partial charge in [0, 0.05) is 24.6 Å². The summed E-state index contributed by atoms with van der Waals surface area (Å²) in [6.45, 7) is 4.07. The molecule has 0 radical (unpaired) electrons. The summed E-state index contributed by atoms with van der Waals surface area (Å²) in [7, 11) is 4.62. The van der Waals surface area contributed by atoms with Gasteiger partial charge in [-0.2, -0.15) is 0 Å². The molecule has 0 aromatic heterocycles. The van der Waals surface area contributed by atoms with E-state index in [1.165, 1.54) is 0 Å². The van der Waals surface area contributed by atoms with Crippen LogP contribution in [0.5, 0.6) is 17.2 Å². The summed E-state index contributed by atoms with van der Waals surface area (Å²) in [6, 6.07) is 23.4. The van der Waals surface area contributed by atoms with E-state index in [4.69, 9.17) is 19.9 Å². The Morgan fingerprint density at radius 3 is 2.05 bits per heavy atom. The second-order valence-electron chi connectivity index (χ2n) is 11.2. The smallest absolute Gasteiger partial charge is 0.254 e. The third-order valence-electron chi connectivity index (χ3n) is 9.58. The first kappa shape index (κ1) is 32.2. The van der Waals surface area contributed by atoms with Crippen LogP contribution in [-0.2, 0) is 10.2 Å². The number of amides is 2. The Bertz CT molecular complexity index is 1390. The van der Waals surface area contributed by atoms with E-state index >= 15 is 0 Å². The number of hydrogen-bond acceptors (Lipinski definition) is 6. The Hall–Kier alpha value is -3.75. The van der Waals surface area contributed by atoms with E-state index in [1.54, 1.807) is 33.5 Å². The first-order chi connectivity index (χ1) is 20.4. The van der Waals surface area contributed by atoms with Crippen molar-refractivity contribution in [2.24, 2.45) is 11.7 Å². The molecule has 3 N–H and O–H groups in total. The summed E-state index contributed by atoms with van der Waals surface area (Å²) < 4.78 is 16.7. The van der Waals surface area contributed by atoms with Gasteiger partial charge < -0.3 is 30.2 Å². The minimum atomic E-state index is -1.02. The molecule has 2 aliphatic heterocycles. The van der Waals surface area contributed by atoms with Crippen molar-refractivity contribution < 1.29 is 23.8 Å². The molecular formula is C34H42ClN3O5. The summed E-state index contributed by atoms with van der Waals surface area (Å²) in [5.41, 5.74) is 7.04. The highest BCUT2D eigenvalue weighted by Crippen LogP contribution is 2.58. The molecule has 0 bridgehead atoms. The van der Waals surface area contributed by atoms with E-state index in [2.05, 4.69) is 24.4 Å². The van der Waals surface area contributed by atoms with Gasteiger partial charge >= 0.3 is 0 Å². The van der Waals surface area contributed by atoms with Crippen LogP contribution in [0.4, 0.5) is 0 Å². The number of hydrogen-bond donors (Lipinski definition) is 2. The SMILES string of the molecule is CCC1(C2CCNC2)C(c2ccccc2)C(C(N)=O)(c2ccccc2)CCN1C(=O)c1cc(OC)c(OC)c(OC)c1.Cl. The number of carbonyl (C=O) groups excluding carboxylic acids is 2. The summed E-state index contributed by atoms with van der Waals surface area (Å²) in [4.78, 5) is 30.7. The van der Waals surface area contributed by atoms with Crippen molar-refractivity contribution in [2.45, 2.75) is 43.1 Å². The van der Waals surface area contributed by atoms with Gasteiger partial charge in [-0.05, 0) is 55.0 Å². The average molecular weight is 608 g/mol. The number of primary amides is 1. The number of nitrogens with one attached hydrogen (secondary N) is 1. The molecule has 2 fully saturated rings. The van der Waals surface area contributed by atoms with Crippen LogP contribution in [0, 0.1) is 5.92 Å². The highest BCUT2D eigenvalue weighted by molar-refractivity contribution is 5.97. The molecule has 9 heteroatoms. The van der Waals surface area contributed by atoms with Crippen LogP contribution in [0.3, 0.4) is 0 Å². The van der Waals surface area contributed by atoms with Gasteiger partial charge in [0.15, 0.2) is 11.5 Å². The van der Waals surface area contributed by atoms with Crippen LogP contribution in [0.1, 0.15) is 53.6 Å². The normalized spacial score (nSPS) is 25.0. The maximum absolute atomic E-state index is 14.8. The Labute approximate surface area is 260 Å². The van der Waals surface area contributed by atoms with Gasteiger partial charge in [0.1, 0.15) is 0 Å². The Morgan fingerprint density at radius 1 is 0.953 bits per heavy atom. The number of nitrogens with two attached hydrogens (primary N) is 1. The number of piperidine rings is 1. The second-order valence-corrected chi connectivity index (χ2v) is 11.2. The van der Waals surface area contributed by atoms with E-state index in [1.807, 2.05) is 53.4 Å². The molecule has 5 rings (SSSR count). The highest BCUT2D eigenvalue weighted by atomic mass is 35.5. The van der Waals surface area contributed by atoms with Gasteiger partial charge in [0.25, 0.3) is 5.91 Å². The number of ether oxygens (including phenoxy) is 3. The van der Waals surface area contributed by atoms with Crippen molar-refractivity contribution in [3.8, 4) is 17.2 Å². The molecule has 2 saturated heterocycles. The summed E-state index contributed by atoms with van der Waals surface area (Å²) in [6.07, 6.45) is 1.90. The minimum absolute atomic E-state index is 0. The standard InChI is InChI=1S/C34H41N3O5.ClH/c1-5-34(26-16-18-36-22-26)30(23-12-8-6-9-13-23)33(32(35)39,25-14-10-7-11-15-25)17-19-37(34)31(38)24-20-27(40-2)29(42-4)28(21-24)41-3;/h6-15,20-21,26,30,36H,5,16-19,22H2,1-4H3,(H2,35,39);1H. The molecule has 43 heavy (non-hydrogen) atoms. The van der Waals surface area contributed by atoms with Crippen molar-refractivity contribution in [3.63, 3.8) is 0 Å². The lowest BCUT2D eigenvalue weighted by molar-refractivity contribution is -0.131. The molecule has 0 spiro atoms. The van der Waals surface area contributed by atoms with Crippen molar-refractivity contribution in [1.82, 2.24) is 10.2 Å². The van der Waals surface area contributed by atoms with Gasteiger partial charge in [0.05, 0.1) is 32.3 Å². The van der Waals surface area contributed by atoms with Crippen LogP contribution >= 0.6 is 12.4 Å². The van der Waals surface area contributed by atoms with E-state index in [-0.39, 0.29) is 36.1 Å². The van der Waals surface area contributed by atoms with Crippen molar-refractivity contribution in [3.05, 3.63) is 89.5 Å². The lowest BCUT2D eigenvalue weighted by atomic mass is 9.51. The van der Waals surface area contributed by atoms with Gasteiger partial charge in [-0.1, -0.05) is 67.6 Å². The van der Waals surface area contributed by atoms with Crippen molar-refractivity contribution in [2.75, 3.05) is 41.0 Å². The third-order valence-corrected chi connectivity index (χ3v) is 9.58. The highest BCUT2D eigenvalue weighted by Gasteiger charge is 2.64. The molecule has 2 heterocycles. The molecule has 8 nitrogen and oxygen atoms in total. The molecule has 230 valence electrons. The topological polar surface area (TPSA) is 103 Å². The number of rotatable bonds is 9. The van der Waals surface area contributed by atoms with Gasteiger partial charge in [0.2, 0.25) is 11.7 Å². The van der Waals surface area contributed by atoms with Crippen LogP contribution < -0.4 is 25.3 Å². The van der Waals surface area contributed by atoms with Crippen molar-refractivity contribution in [1.29, 1.82) is 0 Å². The van der Waals surface area contributed by atoms with E-state index in [9.17, 15) is 9.59 Å². The van der Waals surface area contributed by atoms with Crippen LogP contribution in [-0.4, -0.2) is 63.2 Å². The summed E-state index contributed by atoms with van der Waals surface area (Å²) in [5, 5.41) is 3.54. The third kappa shape index (κ3) is 5.21. The fourth-order valence-corrected chi connectivity index (χ4v) is 7.77. The zero-order valence-corrected chi connectivity index (χ0v) is 26.1. The molecule has 4 unspecified atom stereocenters. The van der Waals surface area contributed by atoms with Gasteiger partial charge in [-0.3, -0.25) is 9.59 Å². The first-order valence-corrected chi connectivity index (χ1v) is 14.6. The number of halogens is 1. The molecule has 0 aliphatic carbocycles. The predicted molar refractivity (Wildman–Crippen MR) is 169 cm³/mol. The molecule has 0 saturated carbocycles. The summed E-state index contributed by atoms with van der Waals surface area (Å²) in [5.74, 6) is 0.439. The van der Waals surface area contributed by atoms with Gasteiger partial charge in [-0.25, -0.2) is 0 Å². The van der Waals surface area contributed by atoms with E-state index in [0.29, 0.717) is 42.2 Å². The monoisotopic (exact) mass is 607 g/mol. The fraction of sp³-hybridized carbons (Fsp3) is 0.412. The Kier molecular flexibility index (Phi) is 9.93. The first-order valence-electron chi connectivity index (χ1n) is 14.6. The zero-order valence-electron chi connectivity index (χ0n) is 25.3. The van der Waals surface area contributed by atoms with Crippen LogP contribution in [0.2, 0.25) is 0 Å². The molecule has 2 aliphatic rings. The largest absolute Gasteiger partial charge is 0.493 e. The molecule has 4 atom stereocenters. The predicted octanol–water partition coefficient (Wildman–Crippen LogP) is 4.95. The molecular weight excluding hydrogens is 566 g/mol. The Morgan fingerprint density at radius 2 is 1.56 bits per heavy atom. The summed E-state index contributed by atoms with van der Waals surface area (Å²) >= 11 is 0. The van der Waals surface area contributed by atoms with Gasteiger partial charge in [-0.15, -0.1) is 12.4 Å². The molecule has 3 aromatic rings. The van der Waals surface area contributed by atoms with Crippen LogP contribution in [0.25, 0.3) is 0 Å². The minimum Gasteiger partial charge on any atom is -0.493 e. The lowest BCUT2D eigenvalue weighted by Crippen LogP contribution is -2.70. The lowest BCUT2D eigenvalue weighted by Gasteiger charge is -2.61. The number of methoxy groups -OCH3 is 3. The number of likely N-dealkylation sites (tertiary alicyclic amines) is 1. The Balaban J connectivity index is 0.00000423. The average Bonchev–Trinajstić information content (AvgIpc) is 3.59. The maximum Gasteiger partial charge on any atom is 0.254 e. The maximum atomic E-state index is 14.8. The molecule has 3 aromatic carbocycles. The molecule has 2 amide bonds. The van der Waals surface area contributed by atoms with E-state index in [0.717, 1.165) is 30.6 Å². The number of carbonyl (C=O) groups is 2. The fourth-order valence-electron chi connectivity index (χ4n) is 7.77.